The molecule has 0 unspecified atom stereocenters. The van der Waals surface area contributed by atoms with E-state index in [1.165, 1.54) is 0 Å². The van der Waals surface area contributed by atoms with Crippen molar-refractivity contribution >= 4 is 28.4 Å². The topological polar surface area (TPSA) is 81.2 Å². The van der Waals surface area contributed by atoms with Gasteiger partial charge in [0.05, 0.1) is 11.5 Å². The number of thiophene rings is 1. The summed E-state index contributed by atoms with van der Waals surface area (Å²) >= 11 is 1.57. The van der Waals surface area contributed by atoms with Crippen LogP contribution in [-0.4, -0.2) is 4.92 Å². The second-order valence-corrected chi connectivity index (χ2v) is 5.11. The fourth-order valence-corrected chi connectivity index (χ4v) is 2.56. The van der Waals surface area contributed by atoms with Crippen LogP contribution in [0.5, 0.6) is 0 Å². The van der Waals surface area contributed by atoms with E-state index in [1.54, 1.807) is 23.5 Å². The average Bonchev–Trinajstić information content (AvgIpc) is 2.81. The fraction of sp³-hybridized carbons (Fsp3) is 0.231. The molecule has 0 bridgehead atoms. The number of hydrogen-bond donors (Lipinski definition) is 2. The normalized spacial score (nSPS) is 10.4. The van der Waals surface area contributed by atoms with Gasteiger partial charge in [-0.15, -0.1) is 11.3 Å². The molecule has 1 aromatic carbocycles. The minimum Gasteiger partial charge on any atom is -0.398 e. The van der Waals surface area contributed by atoms with Gasteiger partial charge in [-0.05, 0) is 23.9 Å². The van der Waals surface area contributed by atoms with Crippen LogP contribution in [0.3, 0.4) is 0 Å². The lowest BCUT2D eigenvalue weighted by Gasteiger charge is -2.07. The van der Waals surface area contributed by atoms with Gasteiger partial charge in [0.15, 0.2) is 0 Å². The molecule has 0 radical (unpaired) electrons. The molecule has 0 fully saturated rings. The van der Waals surface area contributed by atoms with Gasteiger partial charge in [0, 0.05) is 27.9 Å². The van der Waals surface area contributed by atoms with Crippen molar-refractivity contribution in [2.24, 2.45) is 0 Å². The molecule has 6 heteroatoms. The maximum atomic E-state index is 11.0. The third-order valence-electron chi connectivity index (χ3n) is 2.90. The lowest BCUT2D eigenvalue weighted by atomic mass is 10.1. The first-order chi connectivity index (χ1) is 9.11. The average molecular weight is 277 g/mol. The third-order valence-corrected chi connectivity index (χ3v) is 3.83. The second kappa shape index (κ2) is 5.71. The Bertz CT molecular complexity index is 595. The highest BCUT2D eigenvalue weighted by molar-refractivity contribution is 7.10. The van der Waals surface area contributed by atoms with Crippen LogP contribution < -0.4 is 11.1 Å². The lowest BCUT2D eigenvalue weighted by Crippen LogP contribution is -2.02. The van der Waals surface area contributed by atoms with Crippen LogP contribution >= 0.6 is 11.3 Å². The van der Waals surface area contributed by atoms with Gasteiger partial charge >= 0.3 is 0 Å². The van der Waals surface area contributed by atoms with E-state index in [0.29, 0.717) is 13.0 Å². The number of aryl methyl sites for hydroxylation is 1. The van der Waals surface area contributed by atoms with Crippen LogP contribution in [-0.2, 0) is 13.0 Å². The van der Waals surface area contributed by atoms with Gasteiger partial charge in [-0.2, -0.15) is 0 Å². The molecule has 100 valence electrons. The Morgan fingerprint density at radius 1 is 1.42 bits per heavy atom. The predicted octanol–water partition coefficient (Wildman–Crippen LogP) is 3.41. The molecule has 5 nitrogen and oxygen atoms in total. The lowest BCUT2D eigenvalue weighted by molar-refractivity contribution is -0.385. The zero-order valence-electron chi connectivity index (χ0n) is 10.6. The minimum absolute atomic E-state index is 0.159. The molecule has 2 aromatic rings. The van der Waals surface area contributed by atoms with E-state index in [1.807, 2.05) is 24.4 Å². The van der Waals surface area contributed by atoms with E-state index in [9.17, 15) is 10.1 Å². The van der Waals surface area contributed by atoms with Crippen molar-refractivity contribution in [1.82, 2.24) is 0 Å². The zero-order valence-corrected chi connectivity index (χ0v) is 11.4. The van der Waals surface area contributed by atoms with Gasteiger partial charge in [0.1, 0.15) is 0 Å². The standard InChI is InChI=1S/C13H15N3O2S/c1-2-9-3-4-10(7-12(9)16(17)18)15-8-13-11(14)5-6-19-13/h3-7,15H,2,8,14H2,1H3. The summed E-state index contributed by atoms with van der Waals surface area (Å²) in [5.74, 6) is 0. The molecule has 0 aliphatic heterocycles. The number of nitro benzene ring substituents is 1. The molecule has 1 aromatic heterocycles. The molecule has 0 aliphatic rings. The Morgan fingerprint density at radius 2 is 2.21 bits per heavy atom. The highest BCUT2D eigenvalue weighted by atomic mass is 32.1. The Morgan fingerprint density at radius 3 is 2.79 bits per heavy atom. The van der Waals surface area contributed by atoms with Crippen molar-refractivity contribution in [2.45, 2.75) is 19.9 Å². The molecule has 1 heterocycles. The third kappa shape index (κ3) is 3.03. The summed E-state index contributed by atoms with van der Waals surface area (Å²) in [6, 6.07) is 7.07. The number of nitrogens with zero attached hydrogens (tertiary/aromatic N) is 1. The largest absolute Gasteiger partial charge is 0.398 e. The maximum Gasteiger partial charge on any atom is 0.274 e. The molecule has 2 rings (SSSR count). The molecule has 0 saturated carbocycles. The predicted molar refractivity (Wildman–Crippen MR) is 78.5 cm³/mol. The van der Waals surface area contributed by atoms with Crippen molar-refractivity contribution in [1.29, 1.82) is 0 Å². The monoisotopic (exact) mass is 277 g/mol. The van der Waals surface area contributed by atoms with E-state index < -0.39 is 0 Å². The van der Waals surface area contributed by atoms with Gasteiger partial charge in [-0.1, -0.05) is 13.0 Å². The number of nitro groups is 1. The van der Waals surface area contributed by atoms with Gasteiger partial charge in [0.2, 0.25) is 0 Å². The van der Waals surface area contributed by atoms with Gasteiger partial charge in [0.25, 0.3) is 5.69 Å². The Hall–Kier alpha value is -2.08. The van der Waals surface area contributed by atoms with Crippen LogP contribution in [0.15, 0.2) is 29.6 Å². The molecule has 0 aliphatic carbocycles. The summed E-state index contributed by atoms with van der Waals surface area (Å²) in [5.41, 5.74) is 8.17. The fourth-order valence-electron chi connectivity index (χ4n) is 1.82. The highest BCUT2D eigenvalue weighted by Crippen LogP contribution is 2.25. The molecule has 3 N–H and O–H groups in total. The van der Waals surface area contributed by atoms with E-state index in [-0.39, 0.29) is 10.6 Å². The smallest absolute Gasteiger partial charge is 0.274 e. The maximum absolute atomic E-state index is 11.0. The minimum atomic E-state index is -0.344. The number of benzene rings is 1. The number of nitrogen functional groups attached to an aromatic ring is 1. The summed E-state index contributed by atoms with van der Waals surface area (Å²) in [4.78, 5) is 11.7. The Labute approximate surface area is 115 Å². The van der Waals surface area contributed by atoms with Gasteiger partial charge in [-0.25, -0.2) is 0 Å². The van der Waals surface area contributed by atoms with Crippen molar-refractivity contribution in [3.05, 3.63) is 50.2 Å². The van der Waals surface area contributed by atoms with Crippen molar-refractivity contribution in [2.75, 3.05) is 11.1 Å². The van der Waals surface area contributed by atoms with Crippen LogP contribution in [0.25, 0.3) is 0 Å². The van der Waals surface area contributed by atoms with Gasteiger partial charge < -0.3 is 11.1 Å². The SMILES string of the molecule is CCc1ccc(NCc2sccc2N)cc1[N+](=O)[O-]. The zero-order chi connectivity index (χ0) is 13.8. The van der Waals surface area contributed by atoms with Crippen LogP contribution in [0.4, 0.5) is 17.1 Å². The first kappa shape index (κ1) is 13.4. The first-order valence-electron chi connectivity index (χ1n) is 5.95. The number of nitrogens with one attached hydrogen (secondary N) is 1. The summed E-state index contributed by atoms with van der Waals surface area (Å²) < 4.78 is 0. The number of nitrogens with two attached hydrogens (primary N) is 1. The molecule has 0 saturated heterocycles. The number of hydrogen-bond acceptors (Lipinski definition) is 5. The summed E-state index contributed by atoms with van der Waals surface area (Å²) in [5, 5.41) is 16.1. The summed E-state index contributed by atoms with van der Waals surface area (Å²) in [6.07, 6.45) is 0.647. The van der Waals surface area contributed by atoms with Gasteiger partial charge in [-0.3, -0.25) is 10.1 Å². The van der Waals surface area contributed by atoms with E-state index >= 15 is 0 Å². The van der Waals surface area contributed by atoms with Crippen molar-refractivity contribution < 1.29 is 4.92 Å². The van der Waals surface area contributed by atoms with E-state index in [2.05, 4.69) is 5.32 Å². The van der Waals surface area contributed by atoms with Crippen LogP contribution in [0.1, 0.15) is 17.4 Å². The first-order valence-corrected chi connectivity index (χ1v) is 6.82. The summed E-state index contributed by atoms with van der Waals surface area (Å²) in [7, 11) is 0. The second-order valence-electron chi connectivity index (χ2n) is 4.11. The number of rotatable bonds is 5. The van der Waals surface area contributed by atoms with E-state index in [0.717, 1.165) is 21.8 Å². The van der Waals surface area contributed by atoms with Crippen LogP contribution in [0.2, 0.25) is 0 Å². The quantitative estimate of drug-likeness (QED) is 0.648. The molecule has 0 spiro atoms. The van der Waals surface area contributed by atoms with E-state index in [4.69, 9.17) is 5.73 Å². The molecule has 0 amide bonds. The Balaban J connectivity index is 2.15. The van der Waals surface area contributed by atoms with Crippen molar-refractivity contribution in [3.8, 4) is 0 Å². The molecule has 19 heavy (non-hydrogen) atoms. The molecular weight excluding hydrogens is 262 g/mol. The summed E-state index contributed by atoms with van der Waals surface area (Å²) in [6.45, 7) is 2.48. The number of anilines is 2. The Kier molecular flexibility index (Phi) is 4.01. The molecular formula is C13H15N3O2S. The van der Waals surface area contributed by atoms with Crippen LogP contribution in [0, 0.1) is 10.1 Å². The molecule has 0 atom stereocenters. The highest BCUT2D eigenvalue weighted by Gasteiger charge is 2.13. The van der Waals surface area contributed by atoms with Crippen molar-refractivity contribution in [3.63, 3.8) is 0 Å².